The van der Waals surface area contributed by atoms with Crippen LogP contribution in [0.3, 0.4) is 0 Å². The van der Waals surface area contributed by atoms with Crippen LogP contribution in [0.4, 0.5) is 0 Å². The summed E-state index contributed by atoms with van der Waals surface area (Å²) in [5, 5.41) is 9.30. The van der Waals surface area contributed by atoms with Crippen LogP contribution in [0.5, 0.6) is 5.88 Å². The van der Waals surface area contributed by atoms with Crippen molar-refractivity contribution in [2.45, 2.75) is 13.8 Å². The summed E-state index contributed by atoms with van der Waals surface area (Å²) >= 11 is 1.70. The van der Waals surface area contributed by atoms with Crippen molar-refractivity contribution in [3.8, 4) is 17.1 Å². The van der Waals surface area contributed by atoms with E-state index in [9.17, 15) is 0 Å². The highest BCUT2D eigenvalue weighted by molar-refractivity contribution is 7.18. The maximum atomic E-state index is 5.29. The predicted molar refractivity (Wildman–Crippen MR) is 76.6 cm³/mol. The van der Waals surface area contributed by atoms with Crippen molar-refractivity contribution in [2.75, 3.05) is 6.61 Å². The molecule has 0 N–H and O–H groups in total. The standard InChI is InChI=1S/C14H13N3OS/c1-3-18-14-7-5-11(16-17-14)10-4-6-13-12(8-10)15-9(2)19-13/h4-8H,3H2,1-2H3. The predicted octanol–water partition coefficient (Wildman–Crippen LogP) is 3.46. The second kappa shape index (κ2) is 4.93. The number of aryl methyl sites for hydroxylation is 1. The normalized spacial score (nSPS) is 10.8. The van der Waals surface area contributed by atoms with E-state index >= 15 is 0 Å². The second-order valence-corrected chi connectivity index (χ2v) is 5.34. The van der Waals surface area contributed by atoms with E-state index in [2.05, 4.69) is 21.2 Å². The minimum atomic E-state index is 0.553. The van der Waals surface area contributed by atoms with Gasteiger partial charge in [-0.1, -0.05) is 6.07 Å². The lowest BCUT2D eigenvalue weighted by Crippen LogP contribution is -1.96. The van der Waals surface area contributed by atoms with E-state index in [1.165, 1.54) is 4.70 Å². The Balaban J connectivity index is 1.98. The molecule has 3 aromatic rings. The zero-order valence-corrected chi connectivity index (χ0v) is 11.6. The Morgan fingerprint density at radius 3 is 2.79 bits per heavy atom. The van der Waals surface area contributed by atoms with Gasteiger partial charge in [-0.05, 0) is 32.0 Å². The molecule has 0 atom stereocenters. The van der Waals surface area contributed by atoms with Crippen molar-refractivity contribution in [2.24, 2.45) is 0 Å². The Morgan fingerprint density at radius 1 is 1.16 bits per heavy atom. The van der Waals surface area contributed by atoms with Crippen LogP contribution in [0.1, 0.15) is 11.9 Å². The van der Waals surface area contributed by atoms with E-state index in [4.69, 9.17) is 4.74 Å². The van der Waals surface area contributed by atoms with Crippen LogP contribution in [0.25, 0.3) is 21.5 Å². The number of fused-ring (bicyclic) bond motifs is 1. The van der Waals surface area contributed by atoms with Gasteiger partial charge in [0.05, 0.1) is 27.5 Å². The zero-order valence-electron chi connectivity index (χ0n) is 10.8. The highest BCUT2D eigenvalue weighted by Gasteiger charge is 2.05. The van der Waals surface area contributed by atoms with Crippen LogP contribution >= 0.6 is 11.3 Å². The first-order chi connectivity index (χ1) is 9.26. The van der Waals surface area contributed by atoms with Gasteiger partial charge in [-0.2, -0.15) is 0 Å². The van der Waals surface area contributed by atoms with E-state index < -0.39 is 0 Å². The van der Waals surface area contributed by atoms with E-state index in [1.54, 1.807) is 11.3 Å². The van der Waals surface area contributed by atoms with E-state index in [0.717, 1.165) is 21.8 Å². The van der Waals surface area contributed by atoms with Gasteiger partial charge in [0, 0.05) is 11.6 Å². The van der Waals surface area contributed by atoms with Gasteiger partial charge >= 0.3 is 0 Å². The molecule has 2 heterocycles. The summed E-state index contributed by atoms with van der Waals surface area (Å²) in [6.45, 7) is 4.53. The van der Waals surface area contributed by atoms with Gasteiger partial charge in [0.15, 0.2) is 0 Å². The summed E-state index contributed by atoms with van der Waals surface area (Å²) < 4.78 is 6.48. The van der Waals surface area contributed by atoms with Gasteiger partial charge in [-0.15, -0.1) is 21.5 Å². The van der Waals surface area contributed by atoms with Crippen molar-refractivity contribution in [3.05, 3.63) is 35.3 Å². The average molecular weight is 271 g/mol. The number of nitrogens with zero attached hydrogens (tertiary/aromatic N) is 3. The average Bonchev–Trinajstić information content (AvgIpc) is 2.79. The molecule has 19 heavy (non-hydrogen) atoms. The van der Waals surface area contributed by atoms with E-state index in [1.807, 2.05) is 38.1 Å². The molecule has 0 spiro atoms. The molecule has 2 aromatic heterocycles. The zero-order chi connectivity index (χ0) is 13.2. The lowest BCUT2D eigenvalue weighted by Gasteiger charge is -2.02. The Kier molecular flexibility index (Phi) is 3.13. The van der Waals surface area contributed by atoms with Crippen molar-refractivity contribution >= 4 is 21.6 Å². The Labute approximate surface area is 115 Å². The van der Waals surface area contributed by atoms with Crippen molar-refractivity contribution in [1.29, 1.82) is 0 Å². The minimum absolute atomic E-state index is 0.553. The molecule has 1 aromatic carbocycles. The largest absolute Gasteiger partial charge is 0.477 e. The first kappa shape index (κ1) is 12.0. The number of rotatable bonds is 3. The summed E-state index contributed by atoms with van der Waals surface area (Å²) in [6, 6.07) is 9.92. The number of hydrogen-bond acceptors (Lipinski definition) is 5. The van der Waals surface area contributed by atoms with Gasteiger partial charge in [0.1, 0.15) is 0 Å². The fraction of sp³-hybridized carbons (Fsp3) is 0.214. The monoisotopic (exact) mass is 271 g/mol. The molecule has 96 valence electrons. The second-order valence-electron chi connectivity index (χ2n) is 4.11. The third kappa shape index (κ3) is 2.42. The molecule has 3 rings (SSSR count). The Morgan fingerprint density at radius 2 is 2.05 bits per heavy atom. The molecule has 4 nitrogen and oxygen atoms in total. The first-order valence-corrected chi connectivity index (χ1v) is 6.92. The van der Waals surface area contributed by atoms with Gasteiger partial charge in [0.2, 0.25) is 5.88 Å². The minimum Gasteiger partial charge on any atom is -0.477 e. The van der Waals surface area contributed by atoms with Gasteiger partial charge < -0.3 is 4.74 Å². The molecule has 0 aliphatic heterocycles. The SMILES string of the molecule is CCOc1ccc(-c2ccc3sc(C)nc3c2)nn1. The topological polar surface area (TPSA) is 47.9 Å². The first-order valence-electron chi connectivity index (χ1n) is 6.10. The number of hydrogen-bond donors (Lipinski definition) is 0. The van der Waals surface area contributed by atoms with Crippen LogP contribution in [-0.4, -0.2) is 21.8 Å². The van der Waals surface area contributed by atoms with Crippen LogP contribution in [-0.2, 0) is 0 Å². The van der Waals surface area contributed by atoms with Crippen LogP contribution in [0, 0.1) is 6.92 Å². The molecule has 5 heteroatoms. The van der Waals surface area contributed by atoms with Crippen LogP contribution in [0.2, 0.25) is 0 Å². The highest BCUT2D eigenvalue weighted by Crippen LogP contribution is 2.26. The molecule has 0 amide bonds. The maximum Gasteiger partial charge on any atom is 0.233 e. The third-order valence-electron chi connectivity index (χ3n) is 2.72. The summed E-state index contributed by atoms with van der Waals surface area (Å²) in [4.78, 5) is 4.49. The number of benzene rings is 1. The molecule has 0 fully saturated rings. The lowest BCUT2D eigenvalue weighted by molar-refractivity contribution is 0.323. The number of thiazole rings is 1. The maximum absolute atomic E-state index is 5.29. The van der Waals surface area contributed by atoms with Crippen molar-refractivity contribution in [1.82, 2.24) is 15.2 Å². The molecular weight excluding hydrogens is 258 g/mol. The molecular formula is C14H13N3OS. The highest BCUT2D eigenvalue weighted by atomic mass is 32.1. The van der Waals surface area contributed by atoms with Crippen LogP contribution < -0.4 is 4.74 Å². The van der Waals surface area contributed by atoms with Gasteiger partial charge in [-0.25, -0.2) is 4.98 Å². The smallest absolute Gasteiger partial charge is 0.233 e. The summed E-state index contributed by atoms with van der Waals surface area (Å²) in [7, 11) is 0. The van der Waals surface area contributed by atoms with E-state index in [0.29, 0.717) is 12.5 Å². The van der Waals surface area contributed by atoms with Crippen LogP contribution in [0.15, 0.2) is 30.3 Å². The Bertz CT molecular complexity index is 706. The summed E-state index contributed by atoms with van der Waals surface area (Å²) in [6.07, 6.45) is 0. The van der Waals surface area contributed by atoms with Crippen molar-refractivity contribution in [3.63, 3.8) is 0 Å². The third-order valence-corrected chi connectivity index (χ3v) is 3.67. The molecule has 0 saturated carbocycles. The molecule has 0 bridgehead atoms. The summed E-state index contributed by atoms with van der Waals surface area (Å²) in [5.74, 6) is 0.553. The summed E-state index contributed by atoms with van der Waals surface area (Å²) in [5.41, 5.74) is 2.86. The lowest BCUT2D eigenvalue weighted by atomic mass is 10.1. The number of ether oxygens (including phenoxy) is 1. The molecule has 0 saturated heterocycles. The van der Waals surface area contributed by atoms with Gasteiger partial charge in [-0.3, -0.25) is 0 Å². The fourth-order valence-electron chi connectivity index (χ4n) is 1.90. The van der Waals surface area contributed by atoms with Gasteiger partial charge in [0.25, 0.3) is 0 Å². The molecule has 0 unspecified atom stereocenters. The number of aromatic nitrogens is 3. The quantitative estimate of drug-likeness (QED) is 0.732. The Hall–Kier alpha value is -2.01. The van der Waals surface area contributed by atoms with Crippen molar-refractivity contribution < 1.29 is 4.74 Å². The molecule has 0 radical (unpaired) electrons. The fourth-order valence-corrected chi connectivity index (χ4v) is 2.71. The molecule has 0 aliphatic carbocycles. The van der Waals surface area contributed by atoms with E-state index in [-0.39, 0.29) is 0 Å². The molecule has 0 aliphatic rings.